The molecule has 2 saturated heterocycles. The first-order valence-electron chi connectivity index (χ1n) is 13.7. The van der Waals surface area contributed by atoms with Crippen molar-refractivity contribution in [3.05, 3.63) is 0 Å². The maximum atomic E-state index is 12.4. The number of imide groups is 2. The number of rotatable bonds is 17. The van der Waals surface area contributed by atoms with Gasteiger partial charge in [-0.15, -0.1) is 0 Å². The van der Waals surface area contributed by atoms with Gasteiger partial charge in [-0.2, -0.15) is 0 Å². The number of ether oxygens (including phenoxy) is 1. The molecule has 0 aliphatic carbocycles. The summed E-state index contributed by atoms with van der Waals surface area (Å²) in [5.74, 6) is -0.186. The Bertz CT molecular complexity index is 782. The summed E-state index contributed by atoms with van der Waals surface area (Å²) >= 11 is 0. The number of hydrogen-bond donors (Lipinski definition) is 0. The molecule has 2 fully saturated rings. The van der Waals surface area contributed by atoms with Gasteiger partial charge in [0.1, 0.15) is 13.1 Å². The summed E-state index contributed by atoms with van der Waals surface area (Å²) in [6.07, 6.45) is 7.56. The fourth-order valence-corrected chi connectivity index (χ4v) is 5.08. The van der Waals surface area contributed by atoms with Crippen molar-refractivity contribution in [2.45, 2.75) is 98.4 Å². The predicted octanol–water partition coefficient (Wildman–Crippen LogP) is 4.50. The van der Waals surface area contributed by atoms with Gasteiger partial charge in [0, 0.05) is 38.4 Å². The number of urea groups is 2. The molecule has 0 radical (unpaired) electrons. The lowest BCUT2D eigenvalue weighted by molar-refractivity contribution is -0.129. The number of hydrogen-bond acceptors (Lipinski definition) is 5. The van der Waals surface area contributed by atoms with Crippen LogP contribution in [-0.4, -0.2) is 95.0 Å². The first kappa shape index (κ1) is 30.1. The molecule has 36 heavy (non-hydrogen) atoms. The SMILES string of the molecule is CCN1CC(=O)N(CCCC(C)(C)CCCCOCCCCC(C)(C)N2C(=O)CN(CC)C2=O)C1=O. The first-order valence-corrected chi connectivity index (χ1v) is 13.7. The zero-order valence-electron chi connectivity index (χ0n) is 23.4. The monoisotopic (exact) mass is 508 g/mol. The lowest BCUT2D eigenvalue weighted by Gasteiger charge is -2.33. The fraction of sp³-hybridized carbons (Fsp3) is 0.852. The van der Waals surface area contributed by atoms with Crippen LogP contribution in [0, 0.1) is 5.41 Å². The van der Waals surface area contributed by atoms with Gasteiger partial charge in [0.05, 0.1) is 0 Å². The zero-order valence-corrected chi connectivity index (χ0v) is 23.4. The largest absolute Gasteiger partial charge is 0.381 e. The van der Waals surface area contributed by atoms with Crippen LogP contribution in [0.4, 0.5) is 9.59 Å². The van der Waals surface area contributed by atoms with E-state index in [2.05, 4.69) is 13.8 Å². The Balaban J connectivity index is 1.53. The maximum absolute atomic E-state index is 12.4. The Morgan fingerprint density at radius 1 is 0.694 bits per heavy atom. The molecule has 206 valence electrons. The van der Waals surface area contributed by atoms with E-state index in [4.69, 9.17) is 4.74 Å². The van der Waals surface area contributed by atoms with Crippen LogP contribution in [0.3, 0.4) is 0 Å². The Hall–Kier alpha value is -2.16. The molecule has 0 unspecified atom stereocenters. The molecule has 0 saturated carbocycles. The molecule has 6 amide bonds. The molecular formula is C27H48N4O5. The van der Waals surface area contributed by atoms with Crippen LogP contribution in [0.2, 0.25) is 0 Å². The van der Waals surface area contributed by atoms with Crippen molar-refractivity contribution in [3.63, 3.8) is 0 Å². The van der Waals surface area contributed by atoms with Crippen molar-refractivity contribution in [2.75, 3.05) is 45.9 Å². The summed E-state index contributed by atoms with van der Waals surface area (Å²) in [6, 6.07) is -0.324. The molecule has 9 heteroatoms. The van der Waals surface area contributed by atoms with Crippen LogP contribution in [0.15, 0.2) is 0 Å². The van der Waals surface area contributed by atoms with Gasteiger partial charge in [-0.3, -0.25) is 19.4 Å². The fourth-order valence-electron chi connectivity index (χ4n) is 5.08. The number of carbonyl (C=O) groups excluding carboxylic acids is 4. The molecule has 2 rings (SSSR count). The summed E-state index contributed by atoms with van der Waals surface area (Å²) in [7, 11) is 0. The molecule has 0 atom stereocenters. The second kappa shape index (κ2) is 13.4. The second-order valence-electron chi connectivity index (χ2n) is 11.5. The summed E-state index contributed by atoms with van der Waals surface area (Å²) in [6.45, 7) is 15.7. The van der Waals surface area contributed by atoms with E-state index in [1.54, 1.807) is 9.80 Å². The molecule has 2 aliphatic heterocycles. The van der Waals surface area contributed by atoms with E-state index >= 15 is 0 Å². The molecule has 9 nitrogen and oxygen atoms in total. The normalized spacial score (nSPS) is 17.4. The minimum atomic E-state index is -0.478. The van der Waals surface area contributed by atoms with E-state index in [1.807, 2.05) is 27.7 Å². The molecular weight excluding hydrogens is 460 g/mol. The van der Waals surface area contributed by atoms with Crippen molar-refractivity contribution >= 4 is 23.9 Å². The Morgan fingerprint density at radius 2 is 1.22 bits per heavy atom. The Morgan fingerprint density at radius 3 is 1.78 bits per heavy atom. The Kier molecular flexibility index (Phi) is 11.2. The average molecular weight is 509 g/mol. The predicted molar refractivity (Wildman–Crippen MR) is 139 cm³/mol. The Labute approximate surface area is 217 Å². The van der Waals surface area contributed by atoms with E-state index in [0.29, 0.717) is 26.2 Å². The summed E-state index contributed by atoms with van der Waals surface area (Å²) in [5.41, 5.74) is -0.311. The number of likely N-dealkylation sites (N-methyl/N-ethyl adjacent to an activating group) is 2. The van der Waals surface area contributed by atoms with Gasteiger partial charge in [-0.25, -0.2) is 9.59 Å². The molecule has 0 aromatic rings. The molecule has 0 bridgehead atoms. The van der Waals surface area contributed by atoms with E-state index < -0.39 is 5.54 Å². The van der Waals surface area contributed by atoms with Crippen LogP contribution >= 0.6 is 0 Å². The third kappa shape index (κ3) is 8.18. The molecule has 2 heterocycles. The van der Waals surface area contributed by atoms with E-state index in [9.17, 15) is 19.2 Å². The number of amides is 6. The molecule has 0 aromatic heterocycles. The lowest BCUT2D eigenvalue weighted by atomic mass is 9.82. The van der Waals surface area contributed by atoms with Crippen LogP contribution in [0.25, 0.3) is 0 Å². The quantitative estimate of drug-likeness (QED) is 0.213. The summed E-state index contributed by atoms with van der Waals surface area (Å²) < 4.78 is 5.82. The highest BCUT2D eigenvalue weighted by Gasteiger charge is 2.43. The van der Waals surface area contributed by atoms with Crippen molar-refractivity contribution in [1.29, 1.82) is 0 Å². The summed E-state index contributed by atoms with van der Waals surface area (Å²) in [4.78, 5) is 54.9. The molecule has 0 spiro atoms. The van der Waals surface area contributed by atoms with Gasteiger partial charge >= 0.3 is 12.1 Å². The third-order valence-corrected chi connectivity index (χ3v) is 7.49. The topological polar surface area (TPSA) is 90.5 Å². The van der Waals surface area contributed by atoms with Gasteiger partial charge in [-0.05, 0) is 78.1 Å². The highest BCUT2D eigenvalue weighted by Crippen LogP contribution is 2.30. The molecule has 0 aromatic carbocycles. The van der Waals surface area contributed by atoms with Crippen molar-refractivity contribution in [1.82, 2.24) is 19.6 Å². The maximum Gasteiger partial charge on any atom is 0.327 e. The highest BCUT2D eigenvalue weighted by atomic mass is 16.5. The van der Waals surface area contributed by atoms with E-state index in [-0.39, 0.29) is 42.4 Å². The minimum Gasteiger partial charge on any atom is -0.381 e. The molecule has 2 aliphatic rings. The van der Waals surface area contributed by atoms with Crippen molar-refractivity contribution in [2.24, 2.45) is 5.41 Å². The van der Waals surface area contributed by atoms with Gasteiger partial charge in [0.2, 0.25) is 5.91 Å². The van der Waals surface area contributed by atoms with Gasteiger partial charge in [0.15, 0.2) is 0 Å². The van der Waals surface area contributed by atoms with Gasteiger partial charge < -0.3 is 14.5 Å². The average Bonchev–Trinajstić information content (AvgIpc) is 3.26. The minimum absolute atomic E-state index is 0.0819. The highest BCUT2D eigenvalue weighted by molar-refractivity contribution is 6.03. The number of nitrogens with zero attached hydrogens (tertiary/aromatic N) is 4. The van der Waals surface area contributed by atoms with Gasteiger partial charge in [-0.1, -0.05) is 20.3 Å². The van der Waals surface area contributed by atoms with Crippen molar-refractivity contribution < 1.29 is 23.9 Å². The second-order valence-corrected chi connectivity index (χ2v) is 11.5. The smallest absolute Gasteiger partial charge is 0.327 e. The zero-order chi connectivity index (χ0) is 26.9. The van der Waals surface area contributed by atoms with Crippen LogP contribution in [0.1, 0.15) is 92.9 Å². The number of unbranched alkanes of at least 4 members (excludes halogenated alkanes) is 2. The lowest BCUT2D eigenvalue weighted by Crippen LogP contribution is -2.48. The van der Waals surface area contributed by atoms with Crippen LogP contribution in [-0.2, 0) is 14.3 Å². The molecule has 0 N–H and O–H groups in total. The van der Waals surface area contributed by atoms with Gasteiger partial charge in [0.25, 0.3) is 5.91 Å². The first-order chi connectivity index (χ1) is 16.9. The van der Waals surface area contributed by atoms with E-state index in [1.165, 1.54) is 9.80 Å². The van der Waals surface area contributed by atoms with Crippen LogP contribution in [0.5, 0.6) is 0 Å². The van der Waals surface area contributed by atoms with Crippen molar-refractivity contribution in [3.8, 4) is 0 Å². The van der Waals surface area contributed by atoms with E-state index in [0.717, 1.165) is 58.0 Å². The van der Waals surface area contributed by atoms with Crippen LogP contribution < -0.4 is 0 Å². The third-order valence-electron chi connectivity index (χ3n) is 7.49. The number of carbonyl (C=O) groups is 4. The standard InChI is InChI=1S/C27H48N4O5/c1-7-28-20-22(32)30(24(28)34)17-13-15-26(3,4)14-9-11-18-36-19-12-10-16-27(5,6)31-23(33)21-29(8-2)25(31)35/h7-21H2,1-6H3. The summed E-state index contributed by atoms with van der Waals surface area (Å²) in [5, 5.41) is 0.